The van der Waals surface area contributed by atoms with Gasteiger partial charge in [-0.05, 0) is 42.5 Å². The van der Waals surface area contributed by atoms with Crippen LogP contribution in [-0.4, -0.2) is 18.4 Å². The van der Waals surface area contributed by atoms with Crippen molar-refractivity contribution < 1.29 is 18.7 Å². The smallest absolute Gasteiger partial charge is 0.262 e. The summed E-state index contributed by atoms with van der Waals surface area (Å²) in [4.78, 5) is 22.6. The van der Waals surface area contributed by atoms with Crippen molar-refractivity contribution in [2.24, 2.45) is 5.73 Å². The molecule has 3 N–H and O–H groups in total. The average molecular weight is 367 g/mol. The lowest BCUT2D eigenvalue weighted by atomic mass is 10.2. The first-order valence-electron chi connectivity index (χ1n) is 6.23. The van der Waals surface area contributed by atoms with Crippen molar-refractivity contribution in [2.75, 3.05) is 11.9 Å². The fourth-order valence-corrected chi connectivity index (χ4v) is 1.98. The second-order valence-electron chi connectivity index (χ2n) is 4.35. The quantitative estimate of drug-likeness (QED) is 0.853. The lowest BCUT2D eigenvalue weighted by Crippen LogP contribution is -2.20. The summed E-state index contributed by atoms with van der Waals surface area (Å²) in [5.41, 5.74) is 5.94. The van der Waals surface area contributed by atoms with Crippen LogP contribution in [0.4, 0.5) is 10.1 Å². The Balaban J connectivity index is 1.91. The fraction of sp³-hybridized carbons (Fsp3) is 0.0667. The highest BCUT2D eigenvalue weighted by Gasteiger charge is 2.08. The minimum absolute atomic E-state index is 0.0116. The van der Waals surface area contributed by atoms with E-state index in [9.17, 15) is 14.0 Å². The van der Waals surface area contributed by atoms with Gasteiger partial charge in [-0.15, -0.1) is 0 Å². The fourth-order valence-electron chi connectivity index (χ4n) is 1.65. The summed E-state index contributed by atoms with van der Waals surface area (Å²) in [5.74, 6) is -1.57. The molecule has 2 aromatic rings. The number of halogens is 2. The van der Waals surface area contributed by atoms with Crippen molar-refractivity contribution in [3.05, 3.63) is 58.3 Å². The molecule has 114 valence electrons. The van der Waals surface area contributed by atoms with E-state index >= 15 is 0 Å². The second kappa shape index (κ2) is 7.04. The van der Waals surface area contributed by atoms with Crippen molar-refractivity contribution in [1.82, 2.24) is 0 Å². The van der Waals surface area contributed by atoms with Crippen molar-refractivity contribution in [3.63, 3.8) is 0 Å². The molecule has 7 heteroatoms. The topological polar surface area (TPSA) is 81.4 Å². The molecule has 0 heterocycles. The van der Waals surface area contributed by atoms with E-state index < -0.39 is 17.6 Å². The number of nitrogens with two attached hydrogens (primary N) is 1. The van der Waals surface area contributed by atoms with Crippen molar-refractivity contribution in [1.29, 1.82) is 0 Å². The Labute approximate surface area is 134 Å². The molecule has 0 aliphatic carbocycles. The third-order valence-electron chi connectivity index (χ3n) is 2.71. The molecule has 2 rings (SSSR count). The van der Waals surface area contributed by atoms with E-state index in [1.165, 1.54) is 36.4 Å². The molecule has 0 bridgehead atoms. The molecule has 2 aromatic carbocycles. The molecule has 0 aliphatic heterocycles. The Morgan fingerprint density at radius 3 is 2.45 bits per heavy atom. The molecule has 5 nitrogen and oxygen atoms in total. The van der Waals surface area contributed by atoms with E-state index in [1.54, 1.807) is 6.07 Å². The monoisotopic (exact) mass is 366 g/mol. The highest BCUT2D eigenvalue weighted by Crippen LogP contribution is 2.21. The van der Waals surface area contributed by atoms with Crippen LogP contribution >= 0.6 is 15.9 Å². The van der Waals surface area contributed by atoms with Gasteiger partial charge in [0.2, 0.25) is 5.91 Å². The van der Waals surface area contributed by atoms with Crippen LogP contribution in [0.2, 0.25) is 0 Å². The Hall–Kier alpha value is -2.41. The Kier molecular flexibility index (Phi) is 5.11. The zero-order valence-electron chi connectivity index (χ0n) is 11.3. The van der Waals surface area contributed by atoms with Crippen molar-refractivity contribution >= 4 is 33.4 Å². The van der Waals surface area contributed by atoms with E-state index in [4.69, 9.17) is 10.5 Å². The van der Waals surface area contributed by atoms with Gasteiger partial charge < -0.3 is 15.8 Å². The maximum absolute atomic E-state index is 13.5. The van der Waals surface area contributed by atoms with Gasteiger partial charge in [0, 0.05) is 15.7 Å². The number of amides is 2. The van der Waals surface area contributed by atoms with E-state index in [-0.39, 0.29) is 12.4 Å². The number of carbonyl (C=O) groups is 2. The lowest BCUT2D eigenvalue weighted by Gasteiger charge is -2.08. The second-order valence-corrected chi connectivity index (χ2v) is 5.27. The van der Waals surface area contributed by atoms with Gasteiger partial charge in [0.1, 0.15) is 0 Å². The number of carbonyl (C=O) groups excluding carboxylic acids is 2. The Morgan fingerprint density at radius 1 is 1.18 bits per heavy atom. The first-order valence-corrected chi connectivity index (χ1v) is 7.02. The van der Waals surface area contributed by atoms with Gasteiger partial charge in [-0.25, -0.2) is 4.39 Å². The first-order chi connectivity index (χ1) is 10.5. The summed E-state index contributed by atoms with van der Waals surface area (Å²) in [5, 5.41) is 2.56. The molecule has 0 atom stereocenters. The van der Waals surface area contributed by atoms with Crippen LogP contribution in [0.25, 0.3) is 0 Å². The van der Waals surface area contributed by atoms with Crippen LogP contribution < -0.4 is 15.8 Å². The van der Waals surface area contributed by atoms with E-state index in [0.29, 0.717) is 15.7 Å². The van der Waals surface area contributed by atoms with Crippen LogP contribution in [0.3, 0.4) is 0 Å². The van der Waals surface area contributed by atoms with Gasteiger partial charge in [-0.3, -0.25) is 9.59 Å². The minimum atomic E-state index is -0.562. The molecular formula is C15H12BrFN2O3. The highest BCUT2D eigenvalue weighted by molar-refractivity contribution is 9.10. The van der Waals surface area contributed by atoms with Gasteiger partial charge in [-0.1, -0.05) is 15.9 Å². The maximum Gasteiger partial charge on any atom is 0.262 e. The summed E-state index contributed by atoms with van der Waals surface area (Å²) >= 11 is 3.13. The molecular weight excluding hydrogens is 355 g/mol. The Morgan fingerprint density at radius 2 is 1.86 bits per heavy atom. The van der Waals surface area contributed by atoms with Crippen LogP contribution in [0, 0.1) is 5.82 Å². The summed E-state index contributed by atoms with van der Waals surface area (Å²) in [6, 6.07) is 10.3. The SMILES string of the molecule is NC(=O)c1ccc(NC(=O)COc2ccc(Br)cc2F)cc1. The molecule has 0 unspecified atom stereocenters. The number of rotatable bonds is 5. The number of primary amides is 1. The standard InChI is InChI=1S/C15H12BrFN2O3/c16-10-3-6-13(12(17)7-10)22-8-14(20)19-11-4-1-9(2-5-11)15(18)21/h1-7H,8H2,(H2,18,21)(H,19,20). The average Bonchev–Trinajstić information content (AvgIpc) is 2.47. The Bertz CT molecular complexity index is 704. The molecule has 0 saturated carbocycles. The molecule has 22 heavy (non-hydrogen) atoms. The predicted octanol–water partition coefficient (Wildman–Crippen LogP) is 2.70. The molecule has 2 amide bonds. The maximum atomic E-state index is 13.5. The number of ether oxygens (including phenoxy) is 1. The van der Waals surface area contributed by atoms with Gasteiger partial charge in [0.25, 0.3) is 5.91 Å². The third-order valence-corrected chi connectivity index (χ3v) is 3.20. The number of hydrogen-bond donors (Lipinski definition) is 2. The van der Waals surface area contributed by atoms with Crippen LogP contribution in [0.15, 0.2) is 46.9 Å². The summed E-state index contributed by atoms with van der Waals surface area (Å²) in [6.07, 6.45) is 0. The molecule has 0 radical (unpaired) electrons. The van der Waals surface area contributed by atoms with Crippen LogP contribution in [0.5, 0.6) is 5.75 Å². The number of anilines is 1. The predicted molar refractivity (Wildman–Crippen MR) is 83.2 cm³/mol. The minimum Gasteiger partial charge on any atom is -0.481 e. The van der Waals surface area contributed by atoms with Gasteiger partial charge in [0.05, 0.1) is 0 Å². The third kappa shape index (κ3) is 4.29. The number of nitrogens with one attached hydrogen (secondary N) is 1. The van der Waals surface area contributed by atoms with Gasteiger partial charge >= 0.3 is 0 Å². The molecule has 0 saturated heterocycles. The highest BCUT2D eigenvalue weighted by atomic mass is 79.9. The first kappa shape index (κ1) is 16.0. The van der Waals surface area contributed by atoms with Crippen LogP contribution in [-0.2, 0) is 4.79 Å². The van der Waals surface area contributed by atoms with Crippen LogP contribution in [0.1, 0.15) is 10.4 Å². The number of hydrogen-bond acceptors (Lipinski definition) is 3. The zero-order valence-corrected chi connectivity index (χ0v) is 12.9. The lowest BCUT2D eigenvalue weighted by molar-refractivity contribution is -0.118. The molecule has 0 spiro atoms. The molecule has 0 fully saturated rings. The molecule has 0 aromatic heterocycles. The summed E-state index contributed by atoms with van der Waals surface area (Å²) in [7, 11) is 0. The largest absolute Gasteiger partial charge is 0.481 e. The normalized spacial score (nSPS) is 10.1. The van der Waals surface area contributed by atoms with E-state index in [2.05, 4.69) is 21.2 Å². The number of benzene rings is 2. The molecule has 0 aliphatic rings. The van der Waals surface area contributed by atoms with E-state index in [0.717, 1.165) is 0 Å². The van der Waals surface area contributed by atoms with Crippen molar-refractivity contribution in [2.45, 2.75) is 0 Å². The zero-order chi connectivity index (χ0) is 16.1. The van der Waals surface area contributed by atoms with Gasteiger partial charge in [0.15, 0.2) is 18.2 Å². The summed E-state index contributed by atoms with van der Waals surface area (Å²) < 4.78 is 19.2. The van der Waals surface area contributed by atoms with Crippen molar-refractivity contribution in [3.8, 4) is 5.75 Å². The van der Waals surface area contributed by atoms with Gasteiger partial charge in [-0.2, -0.15) is 0 Å². The van der Waals surface area contributed by atoms with E-state index in [1.807, 2.05) is 0 Å². The summed E-state index contributed by atoms with van der Waals surface area (Å²) in [6.45, 7) is -0.337.